The molecule has 0 radical (unpaired) electrons. The number of ether oxygens (including phenoxy) is 2. The van der Waals surface area contributed by atoms with E-state index < -0.39 is 0 Å². The molecule has 0 aliphatic carbocycles. The van der Waals surface area contributed by atoms with Gasteiger partial charge in [-0.3, -0.25) is 4.74 Å². The average Bonchev–Trinajstić information content (AvgIpc) is 2.16. The number of methoxy groups -OCH3 is 1. The number of rotatable bonds is 9. The summed E-state index contributed by atoms with van der Waals surface area (Å²) in [6.45, 7) is 2.47. The molecule has 0 spiro atoms. The highest BCUT2D eigenvalue weighted by molar-refractivity contribution is 7.44. The predicted molar refractivity (Wildman–Crippen MR) is 55.4 cm³/mol. The van der Waals surface area contributed by atoms with Gasteiger partial charge in [0.25, 0.3) is 0 Å². The molecule has 0 bridgehead atoms. The third kappa shape index (κ3) is 12.4. The molecule has 1 atom stereocenters. The van der Waals surface area contributed by atoms with Crippen LogP contribution in [-0.2, 0) is 14.0 Å². The van der Waals surface area contributed by atoms with Crippen LogP contribution in [0.25, 0.3) is 0 Å². The first-order valence-corrected chi connectivity index (χ1v) is 5.64. The molecule has 0 heterocycles. The lowest BCUT2D eigenvalue weighted by Gasteiger charge is -2.03. The van der Waals surface area contributed by atoms with E-state index in [0.717, 1.165) is 8.52 Å². The molecule has 0 fully saturated rings. The Morgan fingerprint density at radius 2 is 2.08 bits per heavy atom. The minimum atomic E-state index is 0.284. The third-order valence-corrected chi connectivity index (χ3v) is 2.34. The van der Waals surface area contributed by atoms with Gasteiger partial charge in [-0.2, -0.15) is 0 Å². The molecular formula is C6H16N2O3P2. The second kappa shape index (κ2) is 12.4. The molecular weight excluding hydrogens is 210 g/mol. The fraction of sp³-hybridized carbons (Fsp3) is 1.00. The van der Waals surface area contributed by atoms with Gasteiger partial charge in [0.05, 0.1) is 43.9 Å². The summed E-state index contributed by atoms with van der Waals surface area (Å²) in [7, 11) is 4.53. The Hall–Kier alpha value is 0.370. The van der Waals surface area contributed by atoms with Crippen molar-refractivity contribution in [3.63, 3.8) is 0 Å². The van der Waals surface area contributed by atoms with Crippen molar-refractivity contribution in [2.45, 2.75) is 0 Å². The quantitative estimate of drug-likeness (QED) is 0.477. The summed E-state index contributed by atoms with van der Waals surface area (Å²) in [6, 6.07) is 0. The topological polar surface area (TPSA) is 52.1 Å². The highest BCUT2D eigenvalue weighted by atomic mass is 31.1. The number of nitrogens with one attached hydrogen (secondary N) is 1. The van der Waals surface area contributed by atoms with Crippen LogP contribution in [0, 0.1) is 0 Å². The second-order valence-corrected chi connectivity index (χ2v) is 3.95. The molecule has 0 aromatic carbocycles. The normalized spacial score (nSPS) is 12.2. The first-order valence-electron chi connectivity index (χ1n) is 3.89. The zero-order valence-corrected chi connectivity index (χ0v) is 9.84. The summed E-state index contributed by atoms with van der Waals surface area (Å²) in [4.78, 5) is 2.97. The Morgan fingerprint density at radius 3 is 2.77 bits per heavy atom. The monoisotopic (exact) mass is 226 g/mol. The van der Waals surface area contributed by atoms with Crippen LogP contribution in [-0.4, -0.2) is 40.6 Å². The van der Waals surface area contributed by atoms with Crippen molar-refractivity contribution in [3.05, 3.63) is 0 Å². The molecule has 1 unspecified atom stereocenters. The van der Waals surface area contributed by atoms with Crippen LogP contribution in [0.3, 0.4) is 0 Å². The zero-order chi connectivity index (χ0) is 9.78. The van der Waals surface area contributed by atoms with Crippen molar-refractivity contribution >= 4 is 17.5 Å². The lowest BCUT2D eigenvalue weighted by atomic mass is 10.7. The van der Waals surface area contributed by atoms with Crippen LogP contribution in [0.15, 0.2) is 4.74 Å². The maximum absolute atomic E-state index is 5.20. The highest BCUT2D eigenvalue weighted by Gasteiger charge is 1.88. The summed E-state index contributed by atoms with van der Waals surface area (Å²) >= 11 is 0. The molecule has 0 rings (SSSR count). The van der Waals surface area contributed by atoms with Crippen LogP contribution in [0.1, 0.15) is 0 Å². The minimum absolute atomic E-state index is 0.284. The Bertz CT molecular complexity index is 126. The van der Waals surface area contributed by atoms with Gasteiger partial charge >= 0.3 is 0 Å². The summed E-state index contributed by atoms with van der Waals surface area (Å²) in [5.41, 5.74) is 0. The molecule has 1 N–H and O–H groups in total. The van der Waals surface area contributed by atoms with Gasteiger partial charge in [-0.25, -0.2) is 4.86 Å². The maximum Gasteiger partial charge on any atom is 0.0957 e. The van der Waals surface area contributed by atoms with Gasteiger partial charge in [-0.15, -0.1) is 0 Å². The maximum atomic E-state index is 5.20. The number of hydrogen-bond donors (Lipinski definition) is 1. The SMILES string of the molecule is CN=PNPOCCOCCOC. The van der Waals surface area contributed by atoms with E-state index in [1.807, 2.05) is 0 Å². The van der Waals surface area contributed by atoms with Gasteiger partial charge in [0.2, 0.25) is 0 Å². The number of nitrogens with zero attached hydrogens (tertiary/aromatic N) is 1. The highest BCUT2D eigenvalue weighted by Crippen LogP contribution is 2.10. The fourth-order valence-corrected chi connectivity index (χ4v) is 1.51. The van der Waals surface area contributed by atoms with Gasteiger partial charge in [0.1, 0.15) is 0 Å². The van der Waals surface area contributed by atoms with E-state index in [1.165, 1.54) is 0 Å². The first-order chi connectivity index (χ1) is 6.41. The molecule has 0 saturated carbocycles. The average molecular weight is 226 g/mol. The Morgan fingerprint density at radius 1 is 1.31 bits per heavy atom. The molecule has 0 aliphatic rings. The van der Waals surface area contributed by atoms with E-state index in [0.29, 0.717) is 26.4 Å². The van der Waals surface area contributed by atoms with Gasteiger partial charge in [-0.05, 0) is 0 Å². The summed E-state index contributed by atoms with van der Waals surface area (Å²) in [6.07, 6.45) is 0. The van der Waals surface area contributed by atoms with Crippen molar-refractivity contribution in [1.29, 1.82) is 0 Å². The summed E-state index contributed by atoms with van der Waals surface area (Å²) < 4.78 is 19.0. The van der Waals surface area contributed by atoms with Gasteiger partial charge in [-0.1, -0.05) is 0 Å². The molecule has 7 heteroatoms. The zero-order valence-electron chi connectivity index (χ0n) is 7.95. The lowest BCUT2D eigenvalue weighted by molar-refractivity contribution is 0.0568. The first kappa shape index (κ1) is 13.4. The fourth-order valence-electron chi connectivity index (χ4n) is 0.499. The van der Waals surface area contributed by atoms with Crippen molar-refractivity contribution in [2.75, 3.05) is 40.6 Å². The van der Waals surface area contributed by atoms with E-state index in [9.17, 15) is 0 Å². The van der Waals surface area contributed by atoms with Gasteiger partial charge in [0.15, 0.2) is 0 Å². The van der Waals surface area contributed by atoms with Crippen LogP contribution in [0.4, 0.5) is 0 Å². The van der Waals surface area contributed by atoms with Crippen LogP contribution in [0.5, 0.6) is 0 Å². The lowest BCUT2D eigenvalue weighted by Crippen LogP contribution is -2.06. The Balaban J connectivity index is 2.83. The standard InChI is InChI=1S/C6H16N2O3P2/c1-7-12-8-13-11-6-5-10-4-3-9-2/h13H,3-6H2,1-2H3,(H,7,8). The van der Waals surface area contributed by atoms with Crippen molar-refractivity contribution in [3.8, 4) is 0 Å². The molecule has 0 saturated heterocycles. The van der Waals surface area contributed by atoms with Gasteiger partial charge in [0, 0.05) is 14.2 Å². The third-order valence-electron chi connectivity index (χ3n) is 1.03. The predicted octanol–water partition coefficient (Wildman–Crippen LogP) is 1.44. The number of hydrogen-bond acceptors (Lipinski definition) is 4. The molecule has 5 nitrogen and oxygen atoms in total. The van der Waals surface area contributed by atoms with Crippen molar-refractivity contribution < 1.29 is 14.0 Å². The molecule has 13 heavy (non-hydrogen) atoms. The van der Waals surface area contributed by atoms with E-state index in [1.54, 1.807) is 14.2 Å². The molecule has 0 aliphatic heterocycles. The second-order valence-electron chi connectivity index (χ2n) is 1.97. The van der Waals surface area contributed by atoms with Gasteiger partial charge < -0.3 is 14.0 Å². The van der Waals surface area contributed by atoms with Crippen LogP contribution >= 0.6 is 17.5 Å². The largest absolute Gasteiger partial charge is 0.382 e. The summed E-state index contributed by atoms with van der Waals surface area (Å²) in [5.74, 6) is 0. The molecule has 0 amide bonds. The van der Waals surface area contributed by atoms with Crippen LogP contribution in [0.2, 0.25) is 0 Å². The molecule has 78 valence electrons. The van der Waals surface area contributed by atoms with E-state index in [4.69, 9.17) is 14.0 Å². The van der Waals surface area contributed by atoms with E-state index >= 15 is 0 Å². The van der Waals surface area contributed by atoms with Crippen LogP contribution < -0.4 is 4.86 Å². The van der Waals surface area contributed by atoms with E-state index in [2.05, 4.69) is 9.60 Å². The smallest absolute Gasteiger partial charge is 0.0957 e. The van der Waals surface area contributed by atoms with Crippen molar-refractivity contribution in [1.82, 2.24) is 4.86 Å². The molecule has 0 aromatic heterocycles. The Kier molecular flexibility index (Phi) is 12.7. The Labute approximate surface area is 82.4 Å². The molecule has 0 aromatic rings. The minimum Gasteiger partial charge on any atom is -0.382 e. The van der Waals surface area contributed by atoms with Crippen molar-refractivity contribution in [2.24, 2.45) is 4.74 Å². The van der Waals surface area contributed by atoms with E-state index in [-0.39, 0.29) is 8.96 Å². The summed E-state index contributed by atoms with van der Waals surface area (Å²) in [5, 5.41) is 0.